The molecule has 0 heterocycles. The first-order chi connectivity index (χ1) is 17.6. The fourth-order valence-corrected chi connectivity index (χ4v) is 3.53. The molecule has 180 valence electrons. The second kappa shape index (κ2) is 11.5. The molecule has 36 heavy (non-hydrogen) atoms. The number of aliphatic imine (C=N–C) groups is 2. The Kier molecular flexibility index (Phi) is 7.78. The minimum absolute atomic E-state index is 0.0815. The Labute approximate surface area is 210 Å². The van der Waals surface area contributed by atoms with Gasteiger partial charge in [0.2, 0.25) is 0 Å². The molecule has 0 saturated heterocycles. The van der Waals surface area contributed by atoms with E-state index >= 15 is 0 Å². The summed E-state index contributed by atoms with van der Waals surface area (Å²) in [5.74, 6) is 1.37. The fourth-order valence-electron chi connectivity index (χ4n) is 3.53. The molecule has 4 rings (SSSR count). The van der Waals surface area contributed by atoms with Gasteiger partial charge in [-0.15, -0.1) is 0 Å². The van der Waals surface area contributed by atoms with E-state index in [1.165, 1.54) is 0 Å². The van der Waals surface area contributed by atoms with Crippen molar-refractivity contribution in [1.82, 2.24) is 0 Å². The van der Waals surface area contributed by atoms with Crippen molar-refractivity contribution < 1.29 is 19.7 Å². The lowest BCUT2D eigenvalue weighted by Crippen LogP contribution is -1.93. The summed E-state index contributed by atoms with van der Waals surface area (Å²) in [5, 5.41) is 20.7. The Bertz CT molecular complexity index is 1300. The highest BCUT2D eigenvalue weighted by molar-refractivity contribution is 5.99. The highest BCUT2D eigenvalue weighted by Crippen LogP contribution is 2.30. The van der Waals surface area contributed by atoms with Crippen LogP contribution in [0.5, 0.6) is 23.0 Å². The molecule has 4 aromatic carbocycles. The van der Waals surface area contributed by atoms with Crippen molar-refractivity contribution in [3.05, 3.63) is 119 Å². The van der Waals surface area contributed by atoms with E-state index < -0.39 is 0 Å². The van der Waals surface area contributed by atoms with E-state index in [1.54, 1.807) is 63.0 Å². The summed E-state index contributed by atoms with van der Waals surface area (Å²) in [6.07, 6.45) is 3.17. The zero-order valence-electron chi connectivity index (χ0n) is 20.0. The number of hydrogen-bond donors (Lipinski definition) is 2. The molecule has 0 fully saturated rings. The summed E-state index contributed by atoms with van der Waals surface area (Å²) < 4.78 is 10.6. The van der Waals surface area contributed by atoms with Crippen LogP contribution in [-0.4, -0.2) is 36.9 Å². The summed E-state index contributed by atoms with van der Waals surface area (Å²) in [7, 11) is 3.14. The topological polar surface area (TPSA) is 83.6 Å². The van der Waals surface area contributed by atoms with Crippen LogP contribution in [-0.2, 0) is 0 Å². The van der Waals surface area contributed by atoms with Crippen molar-refractivity contribution in [3.63, 3.8) is 0 Å². The standard InChI is InChI=1S/C30H26N2O4/c1-35-25-13-15-27(33)23(17-25)19-31-29(21-9-5-3-6-10-21)30(22-11-7-4-8-12-22)32-20-24-18-26(36-2)14-16-28(24)34/h3-20,33-34H,1-2H3/b30-29+,31-19?,32-20?. The first-order valence-electron chi connectivity index (χ1n) is 11.3. The largest absolute Gasteiger partial charge is 0.507 e. The van der Waals surface area contributed by atoms with Crippen LogP contribution < -0.4 is 9.47 Å². The average Bonchev–Trinajstić information content (AvgIpc) is 2.93. The zero-order chi connectivity index (χ0) is 25.3. The smallest absolute Gasteiger partial charge is 0.124 e. The third-order valence-electron chi connectivity index (χ3n) is 5.45. The molecule has 0 aliphatic heterocycles. The molecule has 0 bridgehead atoms. The maximum absolute atomic E-state index is 10.4. The van der Waals surface area contributed by atoms with E-state index in [-0.39, 0.29) is 11.5 Å². The van der Waals surface area contributed by atoms with Gasteiger partial charge in [0.05, 0.1) is 25.6 Å². The van der Waals surface area contributed by atoms with Crippen molar-refractivity contribution in [2.75, 3.05) is 14.2 Å². The Balaban J connectivity index is 1.91. The van der Waals surface area contributed by atoms with Crippen LogP contribution in [0.25, 0.3) is 11.4 Å². The molecule has 0 saturated carbocycles. The van der Waals surface area contributed by atoms with Gasteiger partial charge in [0.1, 0.15) is 23.0 Å². The molecule has 0 spiro atoms. The number of benzene rings is 4. The lowest BCUT2D eigenvalue weighted by molar-refractivity contribution is 0.412. The highest BCUT2D eigenvalue weighted by Gasteiger charge is 2.12. The van der Waals surface area contributed by atoms with Crippen molar-refractivity contribution in [2.24, 2.45) is 9.98 Å². The van der Waals surface area contributed by atoms with Gasteiger partial charge in [0.25, 0.3) is 0 Å². The molecule has 6 heteroatoms. The lowest BCUT2D eigenvalue weighted by atomic mass is 10.0. The van der Waals surface area contributed by atoms with E-state index in [0.29, 0.717) is 34.0 Å². The van der Waals surface area contributed by atoms with E-state index in [4.69, 9.17) is 19.5 Å². The predicted octanol–water partition coefficient (Wildman–Crippen LogP) is 6.18. The molecule has 0 aliphatic carbocycles. The van der Waals surface area contributed by atoms with Gasteiger partial charge in [-0.05, 0) is 36.4 Å². The van der Waals surface area contributed by atoms with Crippen molar-refractivity contribution in [3.8, 4) is 23.0 Å². The Morgan fingerprint density at radius 3 is 1.33 bits per heavy atom. The van der Waals surface area contributed by atoms with Gasteiger partial charge in [-0.3, -0.25) is 9.98 Å². The number of aromatic hydroxyl groups is 2. The summed E-state index contributed by atoms with van der Waals surface area (Å²) in [6, 6.07) is 29.2. The predicted molar refractivity (Wildman–Crippen MR) is 144 cm³/mol. The molecule has 0 aromatic heterocycles. The van der Waals surface area contributed by atoms with Crippen LogP contribution in [0.2, 0.25) is 0 Å². The Hall–Kier alpha value is -4.84. The number of hydrogen-bond acceptors (Lipinski definition) is 6. The number of phenols is 2. The summed E-state index contributed by atoms with van der Waals surface area (Å²) in [4.78, 5) is 9.57. The van der Waals surface area contributed by atoms with Gasteiger partial charge in [0, 0.05) is 34.7 Å². The van der Waals surface area contributed by atoms with E-state index in [0.717, 1.165) is 11.1 Å². The van der Waals surface area contributed by atoms with Crippen molar-refractivity contribution >= 4 is 23.8 Å². The molecule has 0 atom stereocenters. The SMILES string of the molecule is COc1ccc(O)c(C=N/C(=C(/N=Cc2cc(OC)ccc2O)c2ccccc2)c2ccccc2)c1. The number of ether oxygens (including phenoxy) is 2. The lowest BCUT2D eigenvalue weighted by Gasteiger charge is -2.10. The maximum Gasteiger partial charge on any atom is 0.124 e. The van der Waals surface area contributed by atoms with Crippen molar-refractivity contribution in [1.29, 1.82) is 0 Å². The Morgan fingerprint density at radius 2 is 0.972 bits per heavy atom. The third kappa shape index (κ3) is 5.80. The second-order valence-electron chi connectivity index (χ2n) is 7.80. The summed E-state index contributed by atoms with van der Waals surface area (Å²) in [5.41, 5.74) is 3.85. The van der Waals surface area contributed by atoms with E-state index in [9.17, 15) is 10.2 Å². The van der Waals surface area contributed by atoms with Crippen molar-refractivity contribution in [2.45, 2.75) is 0 Å². The van der Waals surface area contributed by atoms with Gasteiger partial charge >= 0.3 is 0 Å². The molecule has 0 amide bonds. The van der Waals surface area contributed by atoms with Crippen LogP contribution in [0, 0.1) is 0 Å². The molecular formula is C30H26N2O4. The van der Waals surface area contributed by atoms with E-state index in [2.05, 4.69) is 0 Å². The molecule has 6 nitrogen and oxygen atoms in total. The minimum atomic E-state index is 0.0815. The van der Waals surface area contributed by atoms with Gasteiger partial charge in [-0.2, -0.15) is 0 Å². The monoisotopic (exact) mass is 478 g/mol. The molecule has 0 radical (unpaired) electrons. The number of phenolic OH excluding ortho intramolecular Hbond substituents is 2. The summed E-state index contributed by atoms with van der Waals surface area (Å²) in [6.45, 7) is 0. The molecule has 0 unspecified atom stereocenters. The first-order valence-corrected chi connectivity index (χ1v) is 11.3. The van der Waals surface area contributed by atoms with Crippen LogP contribution in [0.4, 0.5) is 0 Å². The third-order valence-corrected chi connectivity index (χ3v) is 5.45. The molecule has 2 N–H and O–H groups in total. The maximum atomic E-state index is 10.4. The minimum Gasteiger partial charge on any atom is -0.507 e. The molecular weight excluding hydrogens is 452 g/mol. The average molecular weight is 479 g/mol. The summed E-state index contributed by atoms with van der Waals surface area (Å²) >= 11 is 0. The van der Waals surface area contributed by atoms with E-state index in [1.807, 2.05) is 60.7 Å². The quantitative estimate of drug-likeness (QED) is 0.234. The van der Waals surface area contributed by atoms with Crippen LogP contribution in [0.1, 0.15) is 22.3 Å². The molecule has 4 aromatic rings. The second-order valence-corrected chi connectivity index (χ2v) is 7.80. The van der Waals surface area contributed by atoms with Crippen LogP contribution >= 0.6 is 0 Å². The first kappa shape index (κ1) is 24.3. The van der Waals surface area contributed by atoms with Gasteiger partial charge in [0.15, 0.2) is 0 Å². The number of methoxy groups -OCH3 is 2. The highest BCUT2D eigenvalue weighted by atomic mass is 16.5. The Morgan fingerprint density at radius 1 is 0.583 bits per heavy atom. The van der Waals surface area contributed by atoms with Gasteiger partial charge in [-0.1, -0.05) is 60.7 Å². The van der Waals surface area contributed by atoms with Crippen LogP contribution in [0.15, 0.2) is 107 Å². The number of nitrogens with zero attached hydrogens (tertiary/aromatic N) is 2. The molecule has 0 aliphatic rings. The number of rotatable bonds is 8. The van der Waals surface area contributed by atoms with Crippen LogP contribution in [0.3, 0.4) is 0 Å². The normalized spacial score (nSPS) is 12.1. The fraction of sp³-hybridized carbons (Fsp3) is 0.0667. The van der Waals surface area contributed by atoms with Gasteiger partial charge < -0.3 is 19.7 Å². The van der Waals surface area contributed by atoms with Gasteiger partial charge in [-0.25, -0.2) is 0 Å². The zero-order valence-corrected chi connectivity index (χ0v) is 20.0.